The Morgan fingerprint density at radius 2 is 1.30 bits per heavy atom. The molecule has 1 unspecified atom stereocenters. The molecular weight excluding hydrogens is 327 g/mol. The summed E-state index contributed by atoms with van der Waals surface area (Å²) in [5.74, 6) is 0. The minimum absolute atomic E-state index is 0. The summed E-state index contributed by atoms with van der Waals surface area (Å²) in [6.45, 7) is 2.09. The van der Waals surface area contributed by atoms with E-state index >= 15 is 0 Å². The van der Waals surface area contributed by atoms with Gasteiger partial charge in [-0.1, -0.05) is 71.1 Å². The van der Waals surface area contributed by atoms with Gasteiger partial charge in [-0.15, -0.1) is 0 Å². The minimum atomic E-state index is -4.59. The molecule has 0 aliphatic rings. The van der Waals surface area contributed by atoms with E-state index < -0.39 is 16.5 Å². The Hall–Kier alpha value is 0.830. The molecule has 0 aliphatic carbocycles. The van der Waals surface area contributed by atoms with Crippen molar-refractivity contribution in [1.82, 2.24) is 0 Å². The van der Waals surface area contributed by atoms with Crippen LogP contribution in [-0.2, 0) is 14.6 Å². The van der Waals surface area contributed by atoms with Crippen LogP contribution in [0.4, 0.5) is 0 Å². The molecule has 0 saturated carbocycles. The third-order valence-electron chi connectivity index (χ3n) is 3.80. The zero-order valence-corrected chi connectivity index (χ0v) is 17.8. The quantitative estimate of drug-likeness (QED) is 0.191. The summed E-state index contributed by atoms with van der Waals surface area (Å²) in [7, 11) is -4.59. The third kappa shape index (κ3) is 22.8. The van der Waals surface area contributed by atoms with Crippen molar-refractivity contribution >= 4 is 10.4 Å². The SMILES string of the molecule is CCCCCCCCCCCCC(O)CCCOS(=O)(=O)[O-].[Na+]. The Bertz CT molecular complexity index is 335. The van der Waals surface area contributed by atoms with Crippen LogP contribution in [0.5, 0.6) is 0 Å². The molecule has 0 rings (SSSR count). The molecule has 23 heavy (non-hydrogen) atoms. The number of aliphatic hydroxyl groups excluding tert-OH is 1. The van der Waals surface area contributed by atoms with E-state index in [4.69, 9.17) is 0 Å². The summed E-state index contributed by atoms with van der Waals surface area (Å²) in [6, 6.07) is 0. The maximum atomic E-state index is 10.2. The first-order chi connectivity index (χ1) is 10.5. The van der Waals surface area contributed by atoms with Crippen molar-refractivity contribution in [3.8, 4) is 0 Å². The zero-order chi connectivity index (χ0) is 16.7. The molecule has 0 saturated heterocycles. The van der Waals surface area contributed by atoms with Crippen molar-refractivity contribution in [2.45, 2.75) is 96.5 Å². The number of unbranched alkanes of at least 4 members (excludes halogenated alkanes) is 9. The van der Waals surface area contributed by atoms with Gasteiger partial charge in [0, 0.05) is 0 Å². The molecule has 7 heteroatoms. The van der Waals surface area contributed by atoms with Crippen LogP contribution < -0.4 is 29.6 Å². The Balaban J connectivity index is 0. The van der Waals surface area contributed by atoms with E-state index in [1.807, 2.05) is 0 Å². The van der Waals surface area contributed by atoms with Crippen LogP contribution in [0.1, 0.15) is 90.4 Å². The molecule has 0 amide bonds. The van der Waals surface area contributed by atoms with E-state index in [0.717, 1.165) is 19.3 Å². The van der Waals surface area contributed by atoms with Crippen molar-refractivity contribution in [3.05, 3.63) is 0 Å². The predicted molar refractivity (Wildman–Crippen MR) is 87.4 cm³/mol. The fraction of sp³-hybridized carbons (Fsp3) is 1.00. The molecule has 0 aromatic rings. The first-order valence-corrected chi connectivity index (χ1v) is 10.1. The van der Waals surface area contributed by atoms with Gasteiger partial charge in [-0.05, 0) is 19.3 Å². The van der Waals surface area contributed by atoms with E-state index in [1.54, 1.807) is 0 Å². The summed E-state index contributed by atoms with van der Waals surface area (Å²) in [6.07, 6.45) is 13.8. The maximum Gasteiger partial charge on any atom is 1.00 e. The molecule has 5 nitrogen and oxygen atoms in total. The fourth-order valence-electron chi connectivity index (χ4n) is 2.49. The number of hydrogen-bond donors (Lipinski definition) is 1. The molecule has 0 aliphatic heterocycles. The van der Waals surface area contributed by atoms with E-state index in [2.05, 4.69) is 11.1 Å². The van der Waals surface area contributed by atoms with Gasteiger partial charge in [-0.2, -0.15) is 0 Å². The smallest absolute Gasteiger partial charge is 0.726 e. The Morgan fingerprint density at radius 1 is 0.870 bits per heavy atom. The Labute approximate surface area is 164 Å². The molecule has 1 atom stereocenters. The molecule has 0 radical (unpaired) electrons. The molecule has 0 aromatic heterocycles. The average molecular weight is 360 g/mol. The largest absolute Gasteiger partial charge is 1.00 e. The standard InChI is InChI=1S/C16H34O5S.Na/c1-2-3-4-5-6-7-8-9-10-11-13-16(17)14-12-15-21-22(18,19)20;/h16-17H,2-15H2,1H3,(H,18,19,20);/q;+1/p-1. The molecule has 0 aromatic carbocycles. The molecule has 1 N–H and O–H groups in total. The van der Waals surface area contributed by atoms with Gasteiger partial charge in [0.25, 0.3) is 0 Å². The topological polar surface area (TPSA) is 86.7 Å². The van der Waals surface area contributed by atoms with Gasteiger partial charge in [0.2, 0.25) is 10.4 Å². The summed E-state index contributed by atoms with van der Waals surface area (Å²) < 4.78 is 34.7. The van der Waals surface area contributed by atoms with E-state index in [-0.39, 0.29) is 36.2 Å². The normalized spacial score (nSPS) is 12.8. The van der Waals surface area contributed by atoms with Crippen LogP contribution in [0.2, 0.25) is 0 Å². The molecular formula is C16H33NaO5S. The van der Waals surface area contributed by atoms with Gasteiger partial charge in [0.15, 0.2) is 0 Å². The summed E-state index contributed by atoms with van der Waals surface area (Å²) in [5, 5.41) is 9.72. The van der Waals surface area contributed by atoms with Crippen LogP contribution in [0.25, 0.3) is 0 Å². The van der Waals surface area contributed by atoms with Crippen LogP contribution in [0.3, 0.4) is 0 Å². The first-order valence-electron chi connectivity index (χ1n) is 8.74. The van der Waals surface area contributed by atoms with Crippen molar-refractivity contribution in [2.75, 3.05) is 6.61 Å². The van der Waals surface area contributed by atoms with Gasteiger partial charge < -0.3 is 9.66 Å². The Kier molecular flexibility index (Phi) is 20.0. The summed E-state index contributed by atoms with van der Waals surface area (Å²) in [5.41, 5.74) is 0. The third-order valence-corrected chi connectivity index (χ3v) is 4.26. The van der Waals surface area contributed by atoms with E-state index in [9.17, 15) is 18.1 Å². The first kappa shape index (κ1) is 26.1. The number of rotatable bonds is 16. The second-order valence-electron chi connectivity index (χ2n) is 6.00. The molecule has 0 fully saturated rings. The Morgan fingerprint density at radius 3 is 1.78 bits per heavy atom. The molecule has 0 bridgehead atoms. The van der Waals surface area contributed by atoms with E-state index in [1.165, 1.54) is 51.4 Å². The number of aliphatic hydroxyl groups is 1. The van der Waals surface area contributed by atoms with Crippen LogP contribution in [0, 0.1) is 0 Å². The molecule has 0 spiro atoms. The minimum Gasteiger partial charge on any atom is -0.726 e. The van der Waals surface area contributed by atoms with Gasteiger partial charge in [-0.3, -0.25) is 4.18 Å². The van der Waals surface area contributed by atoms with Gasteiger partial charge in [-0.25, -0.2) is 8.42 Å². The van der Waals surface area contributed by atoms with Crippen molar-refractivity contribution in [2.24, 2.45) is 0 Å². The second kappa shape index (κ2) is 17.6. The van der Waals surface area contributed by atoms with Crippen molar-refractivity contribution in [1.29, 1.82) is 0 Å². The maximum absolute atomic E-state index is 10.2. The average Bonchev–Trinajstić information content (AvgIpc) is 2.44. The van der Waals surface area contributed by atoms with Crippen LogP contribution in [0.15, 0.2) is 0 Å². The number of hydrogen-bond acceptors (Lipinski definition) is 5. The monoisotopic (exact) mass is 360 g/mol. The van der Waals surface area contributed by atoms with Crippen LogP contribution >= 0.6 is 0 Å². The van der Waals surface area contributed by atoms with Gasteiger partial charge >= 0.3 is 29.6 Å². The predicted octanol–water partition coefficient (Wildman–Crippen LogP) is 0.919. The zero-order valence-electron chi connectivity index (χ0n) is 15.0. The summed E-state index contributed by atoms with van der Waals surface area (Å²) >= 11 is 0. The molecule has 0 heterocycles. The second-order valence-corrected chi connectivity index (χ2v) is 7.05. The van der Waals surface area contributed by atoms with Crippen molar-refractivity contribution < 1.29 is 51.8 Å². The molecule has 134 valence electrons. The fourth-order valence-corrected chi connectivity index (χ4v) is 2.81. The van der Waals surface area contributed by atoms with Crippen molar-refractivity contribution in [3.63, 3.8) is 0 Å². The van der Waals surface area contributed by atoms with E-state index in [0.29, 0.717) is 12.8 Å². The summed E-state index contributed by atoms with van der Waals surface area (Å²) in [4.78, 5) is 0. The van der Waals surface area contributed by atoms with Gasteiger partial charge in [0.1, 0.15) is 0 Å². The van der Waals surface area contributed by atoms with Gasteiger partial charge in [0.05, 0.1) is 12.7 Å². The van der Waals surface area contributed by atoms with Crippen LogP contribution in [-0.4, -0.2) is 30.8 Å².